The van der Waals surface area contributed by atoms with Gasteiger partial charge in [-0.2, -0.15) is 0 Å². The monoisotopic (exact) mass is 246 g/mol. The van der Waals surface area contributed by atoms with Crippen LogP contribution in [0.4, 0.5) is 0 Å². The lowest BCUT2D eigenvalue weighted by atomic mass is 9.80. The largest absolute Gasteiger partial charge is 0.469 e. The molecule has 0 fully saturated rings. The molecule has 0 saturated carbocycles. The van der Waals surface area contributed by atoms with Crippen LogP contribution >= 0.6 is 0 Å². The van der Waals surface area contributed by atoms with Gasteiger partial charge in [0.05, 0.1) is 12.5 Å². The Balaban J connectivity index is 2.48. The van der Waals surface area contributed by atoms with Gasteiger partial charge in [-0.1, -0.05) is 12.1 Å². The quantitative estimate of drug-likeness (QED) is 0.817. The lowest BCUT2D eigenvalue weighted by Crippen LogP contribution is -2.37. The first-order valence-electron chi connectivity index (χ1n) is 5.88. The maximum absolute atomic E-state index is 11.8. The van der Waals surface area contributed by atoms with E-state index in [1.165, 1.54) is 7.11 Å². The van der Waals surface area contributed by atoms with Crippen LogP contribution in [0.1, 0.15) is 25.5 Å². The number of nitrogens with one attached hydrogen (secondary N) is 1. The maximum Gasteiger partial charge on any atom is 0.313 e. The van der Waals surface area contributed by atoms with E-state index in [4.69, 9.17) is 10.5 Å². The first-order chi connectivity index (χ1) is 8.48. The number of carbonyl (C=O) groups excluding carboxylic acids is 1. The average molecular weight is 246 g/mol. The molecular weight excluding hydrogens is 228 g/mol. The summed E-state index contributed by atoms with van der Waals surface area (Å²) < 4.78 is 4.82. The molecule has 1 aromatic heterocycles. The normalized spacial score (nSPS) is 13.6. The van der Waals surface area contributed by atoms with Crippen LogP contribution in [0.5, 0.6) is 0 Å². The molecule has 2 rings (SSSR count). The number of hydrogen-bond donors (Lipinski definition) is 2. The van der Waals surface area contributed by atoms with Gasteiger partial charge >= 0.3 is 5.97 Å². The molecule has 0 aliphatic carbocycles. The lowest BCUT2D eigenvalue weighted by molar-refractivity contribution is -0.152. The van der Waals surface area contributed by atoms with Gasteiger partial charge in [0.1, 0.15) is 0 Å². The van der Waals surface area contributed by atoms with Gasteiger partial charge < -0.3 is 15.5 Å². The summed E-state index contributed by atoms with van der Waals surface area (Å²) >= 11 is 0. The highest BCUT2D eigenvalue weighted by molar-refractivity contribution is 5.85. The van der Waals surface area contributed by atoms with Crippen molar-refractivity contribution in [3.05, 3.63) is 36.0 Å². The van der Waals surface area contributed by atoms with Gasteiger partial charge in [-0.25, -0.2) is 0 Å². The number of esters is 1. The molecule has 1 aromatic carbocycles. The van der Waals surface area contributed by atoms with Crippen molar-refractivity contribution in [3.63, 3.8) is 0 Å². The van der Waals surface area contributed by atoms with E-state index in [1.54, 1.807) is 13.8 Å². The molecule has 18 heavy (non-hydrogen) atoms. The van der Waals surface area contributed by atoms with E-state index in [0.29, 0.717) is 0 Å². The minimum atomic E-state index is -0.764. The first-order valence-corrected chi connectivity index (χ1v) is 5.88. The molecule has 1 heterocycles. The summed E-state index contributed by atoms with van der Waals surface area (Å²) in [4.78, 5) is 15.0. The van der Waals surface area contributed by atoms with Gasteiger partial charge in [0.25, 0.3) is 0 Å². The number of methoxy groups -OCH3 is 1. The Morgan fingerprint density at radius 2 is 2.11 bits per heavy atom. The molecule has 0 radical (unpaired) electrons. The summed E-state index contributed by atoms with van der Waals surface area (Å²) in [7, 11) is 1.38. The number of rotatable bonds is 3. The topological polar surface area (TPSA) is 68.1 Å². The Morgan fingerprint density at radius 1 is 1.39 bits per heavy atom. The highest BCUT2D eigenvalue weighted by atomic mass is 16.5. The zero-order chi connectivity index (χ0) is 13.3. The average Bonchev–Trinajstić information content (AvgIpc) is 2.84. The molecule has 0 amide bonds. The smallest absolute Gasteiger partial charge is 0.313 e. The third-order valence-corrected chi connectivity index (χ3v) is 3.45. The second-order valence-electron chi connectivity index (χ2n) is 4.98. The molecule has 0 bridgehead atoms. The van der Waals surface area contributed by atoms with Crippen molar-refractivity contribution in [3.8, 4) is 0 Å². The molecule has 0 spiro atoms. The highest BCUT2D eigenvalue weighted by Crippen LogP contribution is 2.35. The minimum Gasteiger partial charge on any atom is -0.469 e. The number of fused-ring (bicyclic) bond motifs is 1. The number of aromatic amines is 1. The molecule has 3 N–H and O–H groups in total. The fourth-order valence-corrected chi connectivity index (χ4v) is 2.16. The van der Waals surface area contributed by atoms with Crippen LogP contribution in [-0.4, -0.2) is 18.1 Å². The van der Waals surface area contributed by atoms with Crippen LogP contribution in [-0.2, 0) is 9.53 Å². The van der Waals surface area contributed by atoms with Crippen LogP contribution in [0.2, 0.25) is 0 Å². The summed E-state index contributed by atoms with van der Waals surface area (Å²) in [6, 6.07) is 7.42. The Kier molecular flexibility index (Phi) is 3.13. The minimum absolute atomic E-state index is 0.303. The van der Waals surface area contributed by atoms with Gasteiger partial charge in [0.15, 0.2) is 0 Å². The summed E-state index contributed by atoms with van der Waals surface area (Å²) in [5.74, 6) is -0.303. The third-order valence-electron chi connectivity index (χ3n) is 3.45. The van der Waals surface area contributed by atoms with Gasteiger partial charge in [0.2, 0.25) is 0 Å². The van der Waals surface area contributed by atoms with Crippen LogP contribution < -0.4 is 5.73 Å². The molecule has 96 valence electrons. The van der Waals surface area contributed by atoms with E-state index in [9.17, 15) is 4.79 Å². The molecule has 0 unspecified atom stereocenters. The molecule has 0 aliphatic rings. The summed E-state index contributed by atoms with van der Waals surface area (Å²) in [5.41, 5.74) is 7.46. The summed E-state index contributed by atoms with van der Waals surface area (Å²) in [5, 5.41) is 1.04. The third kappa shape index (κ3) is 1.88. The Bertz CT molecular complexity index is 572. The van der Waals surface area contributed by atoms with Crippen molar-refractivity contribution in [2.24, 2.45) is 11.1 Å². The van der Waals surface area contributed by atoms with Crippen molar-refractivity contribution in [1.29, 1.82) is 0 Å². The fraction of sp³-hybridized carbons (Fsp3) is 0.357. The predicted octanol–water partition coefficient (Wildman–Crippen LogP) is 2.37. The van der Waals surface area contributed by atoms with Crippen LogP contribution in [0.15, 0.2) is 30.5 Å². The molecular formula is C14H18N2O2. The molecule has 2 aromatic rings. The Morgan fingerprint density at radius 3 is 2.78 bits per heavy atom. The van der Waals surface area contributed by atoms with Crippen molar-refractivity contribution in [2.75, 3.05) is 7.11 Å². The van der Waals surface area contributed by atoms with Crippen LogP contribution in [0.3, 0.4) is 0 Å². The molecule has 4 nitrogen and oxygen atoms in total. The number of hydrogen-bond acceptors (Lipinski definition) is 3. The number of aromatic nitrogens is 1. The number of benzene rings is 1. The fourth-order valence-electron chi connectivity index (χ4n) is 2.16. The second-order valence-corrected chi connectivity index (χ2v) is 4.98. The molecule has 1 atom stereocenters. The molecule has 0 aliphatic heterocycles. The number of ether oxygens (including phenoxy) is 1. The van der Waals surface area contributed by atoms with Crippen molar-refractivity contribution >= 4 is 16.9 Å². The van der Waals surface area contributed by atoms with Gasteiger partial charge in [-0.3, -0.25) is 4.79 Å². The SMILES string of the molecule is COC(=O)C(C)(C)[C@@H](N)c1cccc2[nH]ccc12. The van der Waals surface area contributed by atoms with Crippen molar-refractivity contribution in [2.45, 2.75) is 19.9 Å². The standard InChI is InChI=1S/C14H18N2O2/c1-14(2,13(17)18-3)12(15)10-5-4-6-11-9(10)7-8-16-11/h4-8,12,16H,15H2,1-3H3/t12-/m0/s1. The molecule has 0 saturated heterocycles. The van der Waals surface area contributed by atoms with E-state index < -0.39 is 11.5 Å². The highest BCUT2D eigenvalue weighted by Gasteiger charge is 2.37. The number of nitrogens with two attached hydrogens (primary N) is 1. The first kappa shape index (κ1) is 12.6. The van der Waals surface area contributed by atoms with Crippen LogP contribution in [0.25, 0.3) is 10.9 Å². The second kappa shape index (κ2) is 4.46. The summed E-state index contributed by atoms with van der Waals surface area (Å²) in [6.07, 6.45) is 1.87. The Labute approximate surface area is 106 Å². The van der Waals surface area contributed by atoms with Crippen LogP contribution in [0, 0.1) is 5.41 Å². The Hall–Kier alpha value is -1.81. The summed E-state index contributed by atoms with van der Waals surface area (Å²) in [6.45, 7) is 3.60. The van der Waals surface area contributed by atoms with Gasteiger partial charge in [0, 0.05) is 23.1 Å². The van der Waals surface area contributed by atoms with Crippen molar-refractivity contribution < 1.29 is 9.53 Å². The van der Waals surface area contributed by atoms with Gasteiger partial charge in [-0.15, -0.1) is 0 Å². The zero-order valence-corrected chi connectivity index (χ0v) is 10.9. The van der Waals surface area contributed by atoms with E-state index in [2.05, 4.69) is 4.98 Å². The predicted molar refractivity (Wildman–Crippen MR) is 71.0 cm³/mol. The maximum atomic E-state index is 11.8. The zero-order valence-electron chi connectivity index (χ0n) is 10.9. The van der Waals surface area contributed by atoms with E-state index >= 15 is 0 Å². The van der Waals surface area contributed by atoms with E-state index in [0.717, 1.165) is 16.5 Å². The molecule has 4 heteroatoms. The number of H-pyrrole nitrogens is 1. The lowest BCUT2D eigenvalue weighted by Gasteiger charge is -2.29. The van der Waals surface area contributed by atoms with E-state index in [-0.39, 0.29) is 5.97 Å². The number of carbonyl (C=O) groups is 1. The van der Waals surface area contributed by atoms with Gasteiger partial charge in [-0.05, 0) is 31.5 Å². The van der Waals surface area contributed by atoms with E-state index in [1.807, 2.05) is 30.5 Å². The van der Waals surface area contributed by atoms with Crippen molar-refractivity contribution in [1.82, 2.24) is 4.98 Å².